The summed E-state index contributed by atoms with van der Waals surface area (Å²) in [4.78, 5) is 22.4. The highest BCUT2D eigenvalue weighted by atomic mass is 35.5. The molecule has 1 amide bonds. The SMILES string of the molecule is C[C@H](SCC(=O)Nc1ccccc1Cl)c1cccc([N+](=O)[O-])c1. The number of rotatable bonds is 6. The number of nitrogens with zero attached hydrogens (tertiary/aromatic N) is 1. The topological polar surface area (TPSA) is 72.2 Å². The zero-order chi connectivity index (χ0) is 16.8. The normalized spacial score (nSPS) is 11.7. The van der Waals surface area contributed by atoms with E-state index in [1.165, 1.54) is 23.9 Å². The highest BCUT2D eigenvalue weighted by molar-refractivity contribution is 8.00. The van der Waals surface area contributed by atoms with Gasteiger partial charge in [0.2, 0.25) is 5.91 Å². The molecule has 2 rings (SSSR count). The van der Waals surface area contributed by atoms with Crippen molar-refractivity contribution in [3.8, 4) is 0 Å². The zero-order valence-corrected chi connectivity index (χ0v) is 13.9. The predicted molar refractivity (Wildman–Crippen MR) is 94.1 cm³/mol. The van der Waals surface area contributed by atoms with Gasteiger partial charge in [0.15, 0.2) is 0 Å². The fourth-order valence-corrected chi connectivity index (χ4v) is 2.93. The molecule has 0 spiro atoms. The molecular formula is C16H15ClN2O3S. The molecular weight excluding hydrogens is 336 g/mol. The van der Waals surface area contributed by atoms with Crippen molar-refractivity contribution in [2.75, 3.05) is 11.1 Å². The minimum Gasteiger partial charge on any atom is -0.324 e. The number of benzene rings is 2. The highest BCUT2D eigenvalue weighted by Gasteiger charge is 2.13. The first-order chi connectivity index (χ1) is 11.0. The van der Waals surface area contributed by atoms with Crippen LogP contribution < -0.4 is 5.32 Å². The number of amides is 1. The Kier molecular flexibility index (Phi) is 6.01. The van der Waals surface area contributed by atoms with E-state index in [1.54, 1.807) is 30.3 Å². The van der Waals surface area contributed by atoms with Crippen LogP contribution in [0.3, 0.4) is 0 Å². The minimum absolute atomic E-state index is 0.0353. The van der Waals surface area contributed by atoms with Gasteiger partial charge in [-0.1, -0.05) is 35.9 Å². The van der Waals surface area contributed by atoms with Gasteiger partial charge in [-0.2, -0.15) is 0 Å². The lowest BCUT2D eigenvalue weighted by molar-refractivity contribution is -0.384. The molecule has 7 heteroatoms. The Labute approximate surface area is 143 Å². The number of non-ortho nitro benzene ring substituents is 1. The Morgan fingerprint density at radius 1 is 1.30 bits per heavy atom. The van der Waals surface area contributed by atoms with E-state index in [9.17, 15) is 14.9 Å². The number of hydrogen-bond donors (Lipinski definition) is 1. The molecule has 0 saturated carbocycles. The maximum Gasteiger partial charge on any atom is 0.269 e. The van der Waals surface area contributed by atoms with E-state index in [4.69, 9.17) is 11.6 Å². The lowest BCUT2D eigenvalue weighted by atomic mass is 10.1. The van der Waals surface area contributed by atoms with Crippen LogP contribution in [0, 0.1) is 10.1 Å². The number of nitrogens with one attached hydrogen (secondary N) is 1. The van der Waals surface area contributed by atoms with E-state index >= 15 is 0 Å². The number of carbonyl (C=O) groups excluding carboxylic acids is 1. The summed E-state index contributed by atoms with van der Waals surface area (Å²) in [7, 11) is 0. The summed E-state index contributed by atoms with van der Waals surface area (Å²) >= 11 is 7.39. The van der Waals surface area contributed by atoms with E-state index in [1.807, 2.05) is 13.0 Å². The third kappa shape index (κ3) is 4.97. The number of halogens is 1. The summed E-state index contributed by atoms with van der Waals surface area (Å²) in [6, 6.07) is 13.5. The van der Waals surface area contributed by atoms with Crippen LogP contribution in [0.15, 0.2) is 48.5 Å². The van der Waals surface area contributed by atoms with Crippen molar-refractivity contribution >= 4 is 40.6 Å². The van der Waals surface area contributed by atoms with Crippen molar-refractivity contribution < 1.29 is 9.72 Å². The van der Waals surface area contributed by atoms with Gasteiger partial charge >= 0.3 is 0 Å². The van der Waals surface area contributed by atoms with Crippen molar-refractivity contribution in [2.24, 2.45) is 0 Å². The van der Waals surface area contributed by atoms with Gasteiger partial charge in [0.05, 0.1) is 21.4 Å². The molecule has 0 unspecified atom stereocenters. The van der Waals surface area contributed by atoms with E-state index in [0.29, 0.717) is 10.7 Å². The average molecular weight is 351 g/mol. The lowest BCUT2D eigenvalue weighted by Crippen LogP contribution is -2.15. The fraction of sp³-hybridized carbons (Fsp3) is 0.188. The molecule has 23 heavy (non-hydrogen) atoms. The monoisotopic (exact) mass is 350 g/mol. The molecule has 5 nitrogen and oxygen atoms in total. The molecule has 2 aromatic carbocycles. The van der Waals surface area contributed by atoms with Gasteiger partial charge in [0, 0.05) is 17.4 Å². The number of nitro benzene ring substituents is 1. The molecule has 2 aromatic rings. The van der Waals surface area contributed by atoms with Gasteiger partial charge in [0.25, 0.3) is 5.69 Å². The van der Waals surface area contributed by atoms with E-state index in [-0.39, 0.29) is 22.6 Å². The van der Waals surface area contributed by atoms with Gasteiger partial charge < -0.3 is 5.32 Å². The Hall–Kier alpha value is -2.05. The standard InChI is InChI=1S/C16H15ClN2O3S/c1-11(12-5-4-6-13(9-12)19(21)22)23-10-16(20)18-15-8-3-2-7-14(15)17/h2-9,11H,10H2,1H3,(H,18,20)/t11-/m0/s1. The van der Waals surface area contributed by atoms with Gasteiger partial charge in [0.1, 0.15) is 0 Å². The van der Waals surface area contributed by atoms with Crippen LogP contribution in [0.2, 0.25) is 5.02 Å². The number of nitro groups is 1. The third-order valence-electron chi connectivity index (χ3n) is 3.16. The Bertz CT molecular complexity index is 724. The van der Waals surface area contributed by atoms with Crippen molar-refractivity contribution in [1.29, 1.82) is 0 Å². The van der Waals surface area contributed by atoms with Crippen molar-refractivity contribution in [2.45, 2.75) is 12.2 Å². The molecule has 0 saturated heterocycles. The van der Waals surface area contributed by atoms with Crippen LogP contribution in [-0.4, -0.2) is 16.6 Å². The number of anilines is 1. The molecule has 0 aliphatic rings. The number of para-hydroxylation sites is 1. The van der Waals surface area contributed by atoms with Crippen molar-refractivity contribution in [1.82, 2.24) is 0 Å². The Morgan fingerprint density at radius 3 is 2.74 bits per heavy atom. The lowest BCUT2D eigenvalue weighted by Gasteiger charge is -2.12. The molecule has 0 bridgehead atoms. The number of hydrogen-bond acceptors (Lipinski definition) is 4. The molecule has 0 radical (unpaired) electrons. The summed E-state index contributed by atoms with van der Waals surface area (Å²) in [5.41, 5.74) is 1.44. The van der Waals surface area contributed by atoms with Crippen molar-refractivity contribution in [3.63, 3.8) is 0 Å². The second-order valence-electron chi connectivity index (χ2n) is 4.83. The van der Waals surface area contributed by atoms with Gasteiger partial charge in [-0.25, -0.2) is 0 Å². The molecule has 0 heterocycles. The summed E-state index contributed by atoms with van der Waals surface area (Å²) in [5.74, 6) is 0.0649. The highest BCUT2D eigenvalue weighted by Crippen LogP contribution is 2.30. The van der Waals surface area contributed by atoms with Crippen LogP contribution in [0.25, 0.3) is 0 Å². The third-order valence-corrected chi connectivity index (χ3v) is 4.69. The predicted octanol–water partition coefficient (Wildman–Crippen LogP) is 4.68. The van der Waals surface area contributed by atoms with Crippen LogP contribution in [0.5, 0.6) is 0 Å². The molecule has 1 N–H and O–H groups in total. The van der Waals surface area contributed by atoms with E-state index in [0.717, 1.165) is 5.56 Å². The maximum absolute atomic E-state index is 12.0. The van der Waals surface area contributed by atoms with Gasteiger partial charge in [-0.05, 0) is 24.6 Å². The van der Waals surface area contributed by atoms with Crippen molar-refractivity contribution in [3.05, 3.63) is 69.2 Å². The molecule has 1 atom stereocenters. The molecule has 0 aliphatic heterocycles. The smallest absolute Gasteiger partial charge is 0.269 e. The van der Waals surface area contributed by atoms with E-state index in [2.05, 4.69) is 5.32 Å². The van der Waals surface area contributed by atoms with Gasteiger partial charge in [-0.3, -0.25) is 14.9 Å². The quantitative estimate of drug-likeness (QED) is 0.606. The van der Waals surface area contributed by atoms with Crippen LogP contribution in [0.4, 0.5) is 11.4 Å². The Morgan fingerprint density at radius 2 is 2.04 bits per heavy atom. The van der Waals surface area contributed by atoms with Gasteiger partial charge in [-0.15, -0.1) is 11.8 Å². The van der Waals surface area contributed by atoms with Crippen LogP contribution in [0.1, 0.15) is 17.7 Å². The first-order valence-corrected chi connectivity index (χ1v) is 8.30. The second-order valence-corrected chi connectivity index (χ2v) is 6.57. The fourth-order valence-electron chi connectivity index (χ4n) is 1.94. The molecule has 0 aliphatic carbocycles. The van der Waals surface area contributed by atoms with E-state index < -0.39 is 4.92 Å². The first kappa shape index (κ1) is 17.3. The zero-order valence-electron chi connectivity index (χ0n) is 12.4. The Balaban J connectivity index is 1.92. The molecule has 0 aromatic heterocycles. The number of carbonyl (C=O) groups is 1. The van der Waals surface area contributed by atoms with Crippen LogP contribution >= 0.6 is 23.4 Å². The summed E-state index contributed by atoms with van der Waals surface area (Å²) in [6.07, 6.45) is 0. The average Bonchev–Trinajstić information content (AvgIpc) is 2.55. The largest absolute Gasteiger partial charge is 0.324 e. The maximum atomic E-state index is 12.0. The summed E-state index contributed by atoms with van der Waals surface area (Å²) < 4.78 is 0. The number of thioether (sulfide) groups is 1. The van der Waals surface area contributed by atoms with Crippen LogP contribution in [-0.2, 0) is 4.79 Å². The second kappa shape index (κ2) is 7.99. The molecule has 120 valence electrons. The minimum atomic E-state index is -0.426. The first-order valence-electron chi connectivity index (χ1n) is 6.87. The summed E-state index contributed by atoms with van der Waals surface area (Å²) in [5, 5.41) is 14.0. The summed E-state index contributed by atoms with van der Waals surface area (Å²) in [6.45, 7) is 1.91. The molecule has 0 fully saturated rings.